The van der Waals surface area contributed by atoms with Crippen molar-refractivity contribution in [2.75, 3.05) is 0 Å². The van der Waals surface area contributed by atoms with Gasteiger partial charge in [0.2, 0.25) is 0 Å². The van der Waals surface area contributed by atoms with Gasteiger partial charge in [-0.05, 0) is 23.6 Å². The lowest BCUT2D eigenvalue weighted by atomic mass is 10.1. The Balaban J connectivity index is 2.39. The van der Waals surface area contributed by atoms with Crippen LogP contribution in [0.3, 0.4) is 0 Å². The van der Waals surface area contributed by atoms with Gasteiger partial charge in [0.05, 0.1) is 5.56 Å². The van der Waals surface area contributed by atoms with Crippen molar-refractivity contribution in [1.29, 1.82) is 0 Å². The second kappa shape index (κ2) is 3.98. The molecule has 80 valence electrons. The zero-order valence-electron chi connectivity index (χ0n) is 8.21. The summed E-state index contributed by atoms with van der Waals surface area (Å²) in [5.41, 5.74) is 5.01. The van der Waals surface area contributed by atoms with Crippen molar-refractivity contribution in [3.8, 4) is 0 Å². The molecule has 0 bridgehead atoms. The highest BCUT2D eigenvalue weighted by molar-refractivity contribution is 5.99. The van der Waals surface area contributed by atoms with Crippen LogP contribution in [0.5, 0.6) is 0 Å². The number of pyridine rings is 1. The highest BCUT2D eigenvalue weighted by atomic mass is 16.6. The molecular formula is C11H8N2O3. The van der Waals surface area contributed by atoms with E-state index in [9.17, 15) is 9.59 Å². The van der Waals surface area contributed by atoms with Gasteiger partial charge in [0.25, 0.3) is 0 Å². The molecular weight excluding hydrogens is 208 g/mol. The zero-order chi connectivity index (χ0) is 11.5. The molecule has 0 radical (unpaired) electrons. The Morgan fingerprint density at radius 2 is 2.00 bits per heavy atom. The molecule has 0 fully saturated rings. The van der Waals surface area contributed by atoms with Gasteiger partial charge in [0.15, 0.2) is 0 Å². The molecule has 0 aliphatic heterocycles. The van der Waals surface area contributed by atoms with E-state index >= 15 is 0 Å². The van der Waals surface area contributed by atoms with Gasteiger partial charge in [0, 0.05) is 17.8 Å². The number of amides is 1. The summed E-state index contributed by atoms with van der Waals surface area (Å²) in [6.07, 6.45) is 2.16. The maximum atomic E-state index is 11.4. The fourth-order valence-corrected chi connectivity index (χ4v) is 1.36. The first-order valence-electron chi connectivity index (χ1n) is 4.52. The van der Waals surface area contributed by atoms with E-state index in [0.29, 0.717) is 0 Å². The molecule has 1 aromatic heterocycles. The third-order valence-electron chi connectivity index (χ3n) is 2.07. The van der Waals surface area contributed by atoms with E-state index in [1.54, 1.807) is 30.6 Å². The molecule has 5 heteroatoms. The molecule has 0 atom stereocenters. The van der Waals surface area contributed by atoms with E-state index in [-0.39, 0.29) is 5.56 Å². The molecule has 0 saturated carbocycles. The maximum absolute atomic E-state index is 11.4. The van der Waals surface area contributed by atoms with Gasteiger partial charge >= 0.3 is 12.1 Å². The van der Waals surface area contributed by atoms with Crippen LogP contribution in [0.15, 0.2) is 36.7 Å². The third-order valence-corrected chi connectivity index (χ3v) is 2.07. The Morgan fingerprint density at radius 3 is 2.75 bits per heavy atom. The van der Waals surface area contributed by atoms with E-state index in [1.165, 1.54) is 0 Å². The summed E-state index contributed by atoms with van der Waals surface area (Å²) in [6.45, 7) is 0. The molecule has 5 nitrogen and oxygen atoms in total. The number of benzene rings is 1. The predicted octanol–water partition coefficient (Wildman–Crippen LogP) is 1.47. The maximum Gasteiger partial charge on any atom is 0.412 e. The number of aromatic nitrogens is 1. The number of carbonyl (C=O) groups is 2. The van der Waals surface area contributed by atoms with Crippen molar-refractivity contribution in [1.82, 2.24) is 4.98 Å². The summed E-state index contributed by atoms with van der Waals surface area (Å²) in [5, 5.41) is 1.74. The molecule has 0 spiro atoms. The number of hydrogen-bond donors (Lipinski definition) is 1. The lowest BCUT2D eigenvalue weighted by Crippen LogP contribution is -2.18. The van der Waals surface area contributed by atoms with Crippen LogP contribution in [0.4, 0.5) is 4.79 Å². The second-order valence-electron chi connectivity index (χ2n) is 3.15. The van der Waals surface area contributed by atoms with Gasteiger partial charge < -0.3 is 10.5 Å². The Bertz CT molecular complexity index is 566. The van der Waals surface area contributed by atoms with Gasteiger partial charge in [-0.3, -0.25) is 4.98 Å². The van der Waals surface area contributed by atoms with Gasteiger partial charge in [0.1, 0.15) is 0 Å². The van der Waals surface area contributed by atoms with E-state index in [2.05, 4.69) is 9.72 Å². The molecule has 0 aliphatic rings. The topological polar surface area (TPSA) is 82.3 Å². The third kappa shape index (κ3) is 1.98. The van der Waals surface area contributed by atoms with Crippen molar-refractivity contribution in [2.24, 2.45) is 5.73 Å². The van der Waals surface area contributed by atoms with E-state index in [4.69, 9.17) is 5.73 Å². The normalized spacial score (nSPS) is 10.0. The van der Waals surface area contributed by atoms with Crippen LogP contribution in [-0.4, -0.2) is 17.0 Å². The molecule has 1 heterocycles. The van der Waals surface area contributed by atoms with Crippen molar-refractivity contribution < 1.29 is 14.3 Å². The van der Waals surface area contributed by atoms with Gasteiger partial charge in [-0.25, -0.2) is 9.59 Å². The number of rotatable bonds is 1. The molecule has 1 amide bonds. The number of nitrogens with two attached hydrogens (primary N) is 1. The van der Waals surface area contributed by atoms with E-state index < -0.39 is 12.1 Å². The molecule has 0 unspecified atom stereocenters. The lowest BCUT2D eigenvalue weighted by molar-refractivity contribution is 0.0638. The van der Waals surface area contributed by atoms with Crippen molar-refractivity contribution in [2.45, 2.75) is 0 Å². The lowest BCUT2D eigenvalue weighted by Gasteiger charge is -2.01. The SMILES string of the molecule is NC(=O)OC(=O)c1ccc2ccncc2c1. The Labute approximate surface area is 90.8 Å². The quantitative estimate of drug-likeness (QED) is 0.578. The van der Waals surface area contributed by atoms with E-state index in [0.717, 1.165) is 10.8 Å². The molecule has 0 aliphatic carbocycles. The molecule has 2 rings (SSSR count). The summed E-state index contributed by atoms with van der Waals surface area (Å²) in [7, 11) is 0. The van der Waals surface area contributed by atoms with Crippen LogP contribution >= 0.6 is 0 Å². The predicted molar refractivity (Wildman–Crippen MR) is 56.7 cm³/mol. The van der Waals surface area contributed by atoms with Gasteiger partial charge in [-0.15, -0.1) is 0 Å². The fourth-order valence-electron chi connectivity index (χ4n) is 1.36. The average Bonchev–Trinajstić information content (AvgIpc) is 2.27. The van der Waals surface area contributed by atoms with Crippen LogP contribution in [0.2, 0.25) is 0 Å². The summed E-state index contributed by atoms with van der Waals surface area (Å²) in [6, 6.07) is 6.72. The monoisotopic (exact) mass is 216 g/mol. The number of nitrogens with zero attached hydrogens (tertiary/aromatic N) is 1. The minimum absolute atomic E-state index is 0.263. The molecule has 16 heavy (non-hydrogen) atoms. The first kappa shape index (κ1) is 10.1. The van der Waals surface area contributed by atoms with Crippen LogP contribution in [0.25, 0.3) is 10.8 Å². The van der Waals surface area contributed by atoms with Crippen molar-refractivity contribution >= 4 is 22.8 Å². The summed E-state index contributed by atoms with van der Waals surface area (Å²) < 4.78 is 4.26. The molecule has 1 aromatic carbocycles. The number of esters is 1. The molecule has 2 N–H and O–H groups in total. The molecule has 2 aromatic rings. The number of fused-ring (bicyclic) bond motifs is 1. The number of hydrogen-bond acceptors (Lipinski definition) is 4. The highest BCUT2D eigenvalue weighted by Gasteiger charge is 2.10. The first-order valence-corrected chi connectivity index (χ1v) is 4.52. The largest absolute Gasteiger partial charge is 0.412 e. The Hall–Kier alpha value is -2.43. The minimum atomic E-state index is -1.11. The summed E-state index contributed by atoms with van der Waals surface area (Å²) in [4.78, 5) is 25.7. The smallest absolute Gasteiger partial charge is 0.373 e. The number of ether oxygens (including phenoxy) is 1. The highest BCUT2D eigenvalue weighted by Crippen LogP contribution is 2.14. The standard InChI is InChI=1S/C11H8N2O3/c12-11(15)16-10(14)8-2-1-7-3-4-13-6-9(7)5-8/h1-6H,(H2,12,15). The van der Waals surface area contributed by atoms with Crippen LogP contribution in [0, 0.1) is 0 Å². The van der Waals surface area contributed by atoms with Crippen LogP contribution in [-0.2, 0) is 4.74 Å². The van der Waals surface area contributed by atoms with Crippen LogP contribution in [0.1, 0.15) is 10.4 Å². The van der Waals surface area contributed by atoms with Crippen molar-refractivity contribution in [3.63, 3.8) is 0 Å². The summed E-state index contributed by atoms with van der Waals surface area (Å²) >= 11 is 0. The Morgan fingerprint density at radius 1 is 1.19 bits per heavy atom. The van der Waals surface area contributed by atoms with E-state index in [1.807, 2.05) is 6.07 Å². The van der Waals surface area contributed by atoms with Gasteiger partial charge in [-0.2, -0.15) is 0 Å². The van der Waals surface area contributed by atoms with Crippen LogP contribution < -0.4 is 5.73 Å². The average molecular weight is 216 g/mol. The van der Waals surface area contributed by atoms with Crippen molar-refractivity contribution in [3.05, 3.63) is 42.2 Å². The molecule has 0 saturated heterocycles. The first-order chi connectivity index (χ1) is 7.66. The fraction of sp³-hybridized carbons (Fsp3) is 0. The zero-order valence-corrected chi connectivity index (χ0v) is 8.21. The number of carbonyl (C=O) groups excluding carboxylic acids is 2. The Kier molecular flexibility index (Phi) is 2.51. The minimum Gasteiger partial charge on any atom is -0.373 e. The van der Waals surface area contributed by atoms with Gasteiger partial charge in [-0.1, -0.05) is 6.07 Å². The number of primary amides is 1. The second-order valence-corrected chi connectivity index (χ2v) is 3.15. The summed E-state index contributed by atoms with van der Waals surface area (Å²) in [5.74, 6) is -0.766.